The SMILES string of the molecule is CC12CC=C3C=C4CCC(N5C6CCC5C6)CC45CC[C@]3(O5)C1CCC2c1ccc2ccncc2c1. The largest absolute Gasteiger partial charge is 0.359 e. The molecule has 36 heavy (non-hydrogen) atoms. The lowest BCUT2D eigenvalue weighted by molar-refractivity contribution is -0.146. The average Bonchev–Trinajstić information content (AvgIpc) is 3.66. The van der Waals surface area contributed by atoms with Crippen LogP contribution in [-0.2, 0) is 4.74 Å². The number of nitrogens with zero attached hydrogens (tertiary/aromatic N) is 2. The van der Waals surface area contributed by atoms with Gasteiger partial charge in [-0.2, -0.15) is 0 Å². The predicted octanol–water partition coefficient (Wildman–Crippen LogP) is 7.08. The minimum Gasteiger partial charge on any atom is -0.359 e. The van der Waals surface area contributed by atoms with E-state index >= 15 is 0 Å². The van der Waals surface area contributed by atoms with Gasteiger partial charge in [0.25, 0.3) is 0 Å². The van der Waals surface area contributed by atoms with Crippen molar-refractivity contribution in [1.82, 2.24) is 9.88 Å². The molecule has 8 atom stereocenters. The Labute approximate surface area is 215 Å². The fraction of sp³-hybridized carbons (Fsp3) is 0.606. The summed E-state index contributed by atoms with van der Waals surface area (Å²) in [7, 11) is 0. The highest BCUT2D eigenvalue weighted by Gasteiger charge is 2.67. The standard InChI is InChI=1S/C33H38N2O/c1-31-12-10-25-17-24-4-5-28(35-26-6-7-27(35)18-26)19-32(24)13-14-33(25,36-32)30(31)9-8-29(31)22-3-2-21-11-15-34-20-23(21)16-22/h2-3,10-11,15-17,20,26-30H,4-9,12-14,18-19H2,1H3/t26?,27?,28?,29?,30?,31?,32?,33-/m1/s1. The van der Waals surface area contributed by atoms with Gasteiger partial charge in [-0.3, -0.25) is 9.88 Å². The van der Waals surface area contributed by atoms with E-state index in [0.29, 0.717) is 11.8 Å². The third-order valence-corrected chi connectivity index (χ3v) is 12.4. The Morgan fingerprint density at radius 2 is 1.89 bits per heavy atom. The third kappa shape index (κ3) is 2.50. The van der Waals surface area contributed by atoms with E-state index in [1.54, 1.807) is 11.1 Å². The Hall–Kier alpha value is -1.97. The number of hydrogen-bond acceptors (Lipinski definition) is 3. The first-order chi connectivity index (χ1) is 17.6. The summed E-state index contributed by atoms with van der Waals surface area (Å²) in [4.78, 5) is 7.33. The van der Waals surface area contributed by atoms with Crippen LogP contribution in [0.25, 0.3) is 10.8 Å². The first-order valence-electron chi connectivity index (χ1n) is 14.8. The fourth-order valence-electron chi connectivity index (χ4n) is 10.7. The zero-order valence-corrected chi connectivity index (χ0v) is 21.6. The number of fused-ring (bicyclic) bond motifs is 3. The van der Waals surface area contributed by atoms with E-state index in [-0.39, 0.29) is 16.6 Å². The maximum atomic E-state index is 7.58. The molecule has 2 spiro atoms. The van der Waals surface area contributed by atoms with Crippen LogP contribution < -0.4 is 0 Å². The molecule has 2 aromatic rings. The topological polar surface area (TPSA) is 25.4 Å². The van der Waals surface area contributed by atoms with Crippen LogP contribution in [0.2, 0.25) is 0 Å². The van der Waals surface area contributed by atoms with Crippen molar-refractivity contribution < 1.29 is 4.74 Å². The first kappa shape index (κ1) is 21.0. The van der Waals surface area contributed by atoms with Crippen molar-refractivity contribution >= 4 is 10.8 Å². The van der Waals surface area contributed by atoms with Gasteiger partial charge < -0.3 is 4.74 Å². The van der Waals surface area contributed by atoms with E-state index < -0.39 is 0 Å². The van der Waals surface area contributed by atoms with E-state index in [1.165, 1.54) is 87.0 Å². The second-order valence-corrected chi connectivity index (χ2v) is 13.7. The molecule has 4 aliphatic heterocycles. The van der Waals surface area contributed by atoms with E-state index in [4.69, 9.17) is 4.74 Å². The number of rotatable bonds is 2. The van der Waals surface area contributed by atoms with Crippen LogP contribution in [0.4, 0.5) is 0 Å². The fourth-order valence-corrected chi connectivity index (χ4v) is 10.7. The lowest BCUT2D eigenvalue weighted by atomic mass is 9.58. The minimum absolute atomic E-state index is 0.0280. The van der Waals surface area contributed by atoms with E-state index in [0.717, 1.165) is 18.1 Å². The molecule has 4 aliphatic carbocycles. The molecule has 1 aromatic heterocycles. The molecule has 3 saturated heterocycles. The van der Waals surface area contributed by atoms with Crippen molar-refractivity contribution in [3.8, 4) is 0 Å². The van der Waals surface area contributed by atoms with Gasteiger partial charge in [0.1, 0.15) is 0 Å². The zero-order chi connectivity index (χ0) is 23.7. The summed E-state index contributed by atoms with van der Waals surface area (Å²) < 4.78 is 7.58. The lowest BCUT2D eigenvalue weighted by Gasteiger charge is -2.56. The molecule has 4 bridgehead atoms. The predicted molar refractivity (Wildman–Crippen MR) is 143 cm³/mol. The Kier molecular flexibility index (Phi) is 4.03. The van der Waals surface area contributed by atoms with Crippen LogP contribution in [-0.4, -0.2) is 39.2 Å². The molecule has 10 rings (SSSR count). The van der Waals surface area contributed by atoms with Crippen LogP contribution in [0.15, 0.2) is 60.0 Å². The molecule has 0 N–H and O–H groups in total. The van der Waals surface area contributed by atoms with Gasteiger partial charge >= 0.3 is 0 Å². The zero-order valence-electron chi connectivity index (χ0n) is 21.6. The Morgan fingerprint density at radius 3 is 2.78 bits per heavy atom. The molecule has 5 heterocycles. The monoisotopic (exact) mass is 478 g/mol. The maximum absolute atomic E-state index is 7.58. The highest BCUT2D eigenvalue weighted by atomic mass is 16.5. The van der Waals surface area contributed by atoms with Gasteiger partial charge in [-0.15, -0.1) is 0 Å². The maximum Gasteiger partial charge on any atom is 0.0974 e. The molecule has 3 saturated carbocycles. The molecule has 6 fully saturated rings. The summed E-state index contributed by atoms with van der Waals surface area (Å²) in [6.45, 7) is 2.60. The summed E-state index contributed by atoms with van der Waals surface area (Å²) in [5.41, 5.74) is 4.96. The molecular formula is C33H38N2O. The Morgan fingerprint density at radius 1 is 0.972 bits per heavy atom. The third-order valence-electron chi connectivity index (χ3n) is 12.4. The number of pyridine rings is 1. The molecular weight excluding hydrogens is 440 g/mol. The Bertz CT molecular complexity index is 1330. The number of ether oxygens (including phenoxy) is 1. The smallest absolute Gasteiger partial charge is 0.0974 e. The number of benzene rings is 1. The average molecular weight is 479 g/mol. The van der Waals surface area contributed by atoms with Crippen molar-refractivity contribution in [2.75, 3.05) is 0 Å². The van der Waals surface area contributed by atoms with E-state index in [9.17, 15) is 0 Å². The summed E-state index contributed by atoms with van der Waals surface area (Å²) in [6, 6.07) is 11.8. The molecule has 1 aromatic carbocycles. The molecule has 0 radical (unpaired) electrons. The molecule has 8 aliphatic rings. The molecule has 0 amide bonds. The van der Waals surface area contributed by atoms with Gasteiger partial charge in [0.05, 0.1) is 11.2 Å². The van der Waals surface area contributed by atoms with E-state index in [2.05, 4.69) is 53.2 Å². The van der Waals surface area contributed by atoms with Crippen LogP contribution in [0.3, 0.4) is 0 Å². The second-order valence-electron chi connectivity index (χ2n) is 13.7. The van der Waals surface area contributed by atoms with Crippen molar-refractivity contribution in [3.63, 3.8) is 0 Å². The van der Waals surface area contributed by atoms with Crippen molar-refractivity contribution in [3.05, 3.63) is 65.5 Å². The number of allylic oxidation sites excluding steroid dienone is 1. The number of aromatic nitrogens is 1. The summed E-state index contributed by atoms with van der Waals surface area (Å²) >= 11 is 0. The Balaban J connectivity index is 1.07. The molecule has 3 heteroatoms. The van der Waals surface area contributed by atoms with Crippen molar-refractivity contribution in [1.29, 1.82) is 0 Å². The highest BCUT2D eigenvalue weighted by Crippen LogP contribution is 2.69. The van der Waals surface area contributed by atoms with Crippen LogP contribution in [0, 0.1) is 11.3 Å². The first-order valence-corrected chi connectivity index (χ1v) is 14.8. The second kappa shape index (κ2) is 6.91. The van der Waals surface area contributed by atoms with Crippen molar-refractivity contribution in [2.24, 2.45) is 11.3 Å². The lowest BCUT2D eigenvalue weighted by Crippen LogP contribution is -2.59. The van der Waals surface area contributed by atoms with Gasteiger partial charge in [-0.05, 0) is 122 Å². The normalized spacial score (nSPS) is 46.5. The van der Waals surface area contributed by atoms with Gasteiger partial charge in [0.2, 0.25) is 0 Å². The van der Waals surface area contributed by atoms with Gasteiger partial charge in [-0.1, -0.05) is 31.2 Å². The molecule has 3 nitrogen and oxygen atoms in total. The van der Waals surface area contributed by atoms with Gasteiger partial charge in [0.15, 0.2) is 0 Å². The summed E-state index contributed by atoms with van der Waals surface area (Å²) in [6.07, 6.45) is 23.7. The number of hydrogen-bond donors (Lipinski definition) is 0. The van der Waals surface area contributed by atoms with Crippen LogP contribution in [0.1, 0.15) is 89.0 Å². The summed E-state index contributed by atoms with van der Waals surface area (Å²) in [5, 5.41) is 2.58. The van der Waals surface area contributed by atoms with Crippen molar-refractivity contribution in [2.45, 2.75) is 113 Å². The highest BCUT2D eigenvalue weighted by molar-refractivity contribution is 5.82. The molecule has 7 unspecified atom stereocenters. The van der Waals surface area contributed by atoms with Crippen LogP contribution in [0.5, 0.6) is 0 Å². The van der Waals surface area contributed by atoms with E-state index in [1.807, 2.05) is 12.4 Å². The van der Waals surface area contributed by atoms with Gasteiger partial charge in [0, 0.05) is 35.9 Å². The van der Waals surface area contributed by atoms with Crippen LogP contribution >= 0.6 is 0 Å². The van der Waals surface area contributed by atoms with Gasteiger partial charge in [-0.25, -0.2) is 0 Å². The molecule has 186 valence electrons. The minimum atomic E-state index is -0.0422. The summed E-state index contributed by atoms with van der Waals surface area (Å²) in [5.74, 6) is 1.22. The quantitative estimate of drug-likeness (QED) is 0.461.